The van der Waals surface area contributed by atoms with Crippen LogP contribution in [0, 0.1) is 17.7 Å². The van der Waals surface area contributed by atoms with Crippen LogP contribution in [0.25, 0.3) is 10.8 Å². The van der Waals surface area contributed by atoms with Gasteiger partial charge in [0.15, 0.2) is 11.6 Å². The molecule has 0 heterocycles. The predicted molar refractivity (Wildman–Crippen MR) is 102 cm³/mol. The number of halogens is 6. The van der Waals surface area contributed by atoms with E-state index in [-0.39, 0.29) is 35.3 Å². The zero-order valence-corrected chi connectivity index (χ0v) is 16.7. The minimum absolute atomic E-state index is 0.0884. The molecular weight excluding hydrogens is 426 g/mol. The molecule has 9 heteroatoms. The Hall–Kier alpha value is -2.45. The average molecular weight is 448 g/mol. The summed E-state index contributed by atoms with van der Waals surface area (Å²) >= 11 is 0. The second kappa shape index (κ2) is 9.36. The van der Waals surface area contributed by atoms with Crippen LogP contribution < -0.4 is 9.47 Å². The summed E-state index contributed by atoms with van der Waals surface area (Å²) in [6, 6.07) is 5.42. The third-order valence-corrected chi connectivity index (χ3v) is 5.47. The Labute approximate surface area is 175 Å². The van der Waals surface area contributed by atoms with Crippen LogP contribution in [0.4, 0.5) is 26.3 Å². The molecular formula is C22H22F6O3. The lowest BCUT2D eigenvalue weighted by atomic mass is 9.77. The van der Waals surface area contributed by atoms with Gasteiger partial charge in [-0.05, 0) is 48.4 Å². The van der Waals surface area contributed by atoms with E-state index in [1.165, 1.54) is 6.07 Å². The van der Waals surface area contributed by atoms with Crippen LogP contribution in [0.5, 0.6) is 11.5 Å². The van der Waals surface area contributed by atoms with Gasteiger partial charge in [0.1, 0.15) is 24.0 Å². The van der Waals surface area contributed by atoms with Crippen LogP contribution in [0.15, 0.2) is 30.3 Å². The van der Waals surface area contributed by atoms with Gasteiger partial charge < -0.3 is 9.47 Å². The smallest absolute Gasteiger partial charge is 0.426 e. The lowest BCUT2D eigenvalue weighted by Crippen LogP contribution is -2.42. The molecule has 31 heavy (non-hydrogen) atoms. The topological polar surface area (TPSA) is 35.5 Å². The molecule has 0 N–H and O–H groups in total. The van der Waals surface area contributed by atoms with Crippen LogP contribution in [-0.2, 0) is 4.79 Å². The summed E-state index contributed by atoms with van der Waals surface area (Å²) in [5.41, 5.74) is 0. The van der Waals surface area contributed by atoms with E-state index >= 15 is 0 Å². The Bertz CT molecular complexity index is 917. The first-order chi connectivity index (χ1) is 14.6. The van der Waals surface area contributed by atoms with Crippen molar-refractivity contribution in [2.45, 2.75) is 57.7 Å². The van der Waals surface area contributed by atoms with E-state index in [4.69, 9.17) is 4.74 Å². The van der Waals surface area contributed by atoms with Crippen LogP contribution in [-0.4, -0.2) is 24.7 Å². The van der Waals surface area contributed by atoms with E-state index in [0.29, 0.717) is 6.42 Å². The molecule has 0 aliphatic heterocycles. The molecule has 2 aromatic rings. The number of fused-ring (bicyclic) bond motifs is 1. The molecule has 2 unspecified atom stereocenters. The SMILES string of the molecule is CCCCC1CC(F)C(C(=O)Oc2ccc3c(F)c(OC(F)(F)F)ccc3c2)C(F)C1. The van der Waals surface area contributed by atoms with Gasteiger partial charge in [0.05, 0.1) is 0 Å². The van der Waals surface area contributed by atoms with E-state index in [1.807, 2.05) is 6.92 Å². The summed E-state index contributed by atoms with van der Waals surface area (Å²) in [5, 5.41) is -0.0566. The normalized spacial score (nSPS) is 24.2. The van der Waals surface area contributed by atoms with E-state index in [1.54, 1.807) is 0 Å². The number of carbonyl (C=O) groups excluding carboxylic acids is 1. The molecule has 0 saturated heterocycles. The highest BCUT2D eigenvalue weighted by atomic mass is 19.4. The number of esters is 1. The zero-order valence-electron chi connectivity index (χ0n) is 16.7. The molecule has 0 amide bonds. The van der Waals surface area contributed by atoms with Crippen molar-refractivity contribution in [3.05, 3.63) is 36.1 Å². The standard InChI is InChI=1S/C22H22F6O3/c1-2-3-4-12-9-16(23)19(17(24)10-12)21(29)30-14-6-7-15-13(11-14)5-8-18(20(15)25)31-22(26,27)28/h5-8,11-12,16-17,19H,2-4,9-10H2,1H3. The summed E-state index contributed by atoms with van der Waals surface area (Å²) in [5.74, 6) is -5.05. The van der Waals surface area contributed by atoms with Crippen LogP contribution in [0.3, 0.4) is 0 Å². The number of hydrogen-bond acceptors (Lipinski definition) is 3. The number of hydrogen-bond donors (Lipinski definition) is 0. The first-order valence-electron chi connectivity index (χ1n) is 10.1. The monoisotopic (exact) mass is 448 g/mol. The lowest BCUT2D eigenvalue weighted by Gasteiger charge is -2.33. The molecule has 0 bridgehead atoms. The number of unbranched alkanes of at least 4 members (excludes halogenated alkanes) is 1. The van der Waals surface area contributed by atoms with E-state index < -0.39 is 42.2 Å². The number of carbonyl (C=O) groups is 1. The Morgan fingerprint density at radius 2 is 1.77 bits per heavy atom. The molecule has 0 aromatic heterocycles. The molecule has 1 fully saturated rings. The summed E-state index contributed by atoms with van der Waals surface area (Å²) in [6.07, 6.45) is -5.72. The maximum absolute atomic E-state index is 14.5. The van der Waals surface area contributed by atoms with Crippen molar-refractivity contribution in [3.8, 4) is 11.5 Å². The summed E-state index contributed by atoms with van der Waals surface area (Å²) in [4.78, 5) is 12.4. The number of benzene rings is 2. The molecule has 0 spiro atoms. The second-order valence-corrected chi connectivity index (χ2v) is 7.77. The second-order valence-electron chi connectivity index (χ2n) is 7.77. The van der Waals surface area contributed by atoms with E-state index in [2.05, 4.69) is 4.74 Å². The number of alkyl halides is 5. The fraction of sp³-hybridized carbons (Fsp3) is 0.500. The fourth-order valence-corrected chi connectivity index (χ4v) is 3.98. The first-order valence-corrected chi connectivity index (χ1v) is 10.1. The highest BCUT2D eigenvalue weighted by molar-refractivity contribution is 5.87. The Morgan fingerprint density at radius 1 is 1.10 bits per heavy atom. The first kappa shape index (κ1) is 23.2. The Balaban J connectivity index is 1.73. The quantitative estimate of drug-likeness (QED) is 0.281. The lowest BCUT2D eigenvalue weighted by molar-refractivity contribution is -0.275. The van der Waals surface area contributed by atoms with E-state index in [9.17, 15) is 31.1 Å². The molecule has 2 atom stereocenters. The van der Waals surface area contributed by atoms with Crippen LogP contribution >= 0.6 is 0 Å². The Kier molecular flexibility index (Phi) is 7.01. The van der Waals surface area contributed by atoms with Gasteiger partial charge >= 0.3 is 12.3 Å². The molecule has 2 aromatic carbocycles. The zero-order chi connectivity index (χ0) is 22.8. The highest BCUT2D eigenvalue weighted by Gasteiger charge is 2.44. The highest BCUT2D eigenvalue weighted by Crippen LogP contribution is 2.38. The molecule has 3 nitrogen and oxygen atoms in total. The minimum Gasteiger partial charge on any atom is -0.426 e. The fourth-order valence-electron chi connectivity index (χ4n) is 3.98. The minimum atomic E-state index is -5.05. The summed E-state index contributed by atoms with van der Waals surface area (Å²) in [7, 11) is 0. The van der Waals surface area contributed by atoms with Crippen molar-refractivity contribution in [2.24, 2.45) is 11.8 Å². The molecule has 3 rings (SSSR count). The van der Waals surface area contributed by atoms with Crippen LogP contribution in [0.1, 0.15) is 39.0 Å². The van der Waals surface area contributed by atoms with Crippen molar-refractivity contribution in [2.75, 3.05) is 0 Å². The number of ether oxygens (including phenoxy) is 2. The molecule has 1 aliphatic carbocycles. The van der Waals surface area contributed by atoms with Gasteiger partial charge in [0.25, 0.3) is 0 Å². The summed E-state index contributed by atoms with van der Waals surface area (Å²) in [6.45, 7) is 1.99. The van der Waals surface area contributed by atoms with E-state index in [0.717, 1.165) is 37.1 Å². The van der Waals surface area contributed by atoms with Gasteiger partial charge in [-0.3, -0.25) is 4.79 Å². The van der Waals surface area contributed by atoms with Crippen molar-refractivity contribution in [3.63, 3.8) is 0 Å². The number of rotatable bonds is 6. The predicted octanol–water partition coefficient (Wildman–Crippen LogP) is 6.68. The third kappa shape index (κ3) is 5.62. The van der Waals surface area contributed by atoms with Crippen molar-refractivity contribution in [1.29, 1.82) is 0 Å². The molecule has 1 saturated carbocycles. The molecule has 1 aliphatic rings. The largest absolute Gasteiger partial charge is 0.573 e. The maximum atomic E-state index is 14.5. The van der Waals surface area contributed by atoms with Crippen molar-refractivity contribution in [1.82, 2.24) is 0 Å². The van der Waals surface area contributed by atoms with Gasteiger partial charge in [-0.2, -0.15) is 0 Å². The molecule has 170 valence electrons. The van der Waals surface area contributed by atoms with Crippen molar-refractivity contribution >= 4 is 16.7 Å². The van der Waals surface area contributed by atoms with Gasteiger partial charge in [-0.25, -0.2) is 13.2 Å². The average Bonchev–Trinajstić information content (AvgIpc) is 2.67. The molecule has 0 radical (unpaired) electrons. The Morgan fingerprint density at radius 3 is 2.39 bits per heavy atom. The van der Waals surface area contributed by atoms with Crippen molar-refractivity contribution < 1.29 is 40.6 Å². The third-order valence-electron chi connectivity index (χ3n) is 5.47. The van der Waals surface area contributed by atoms with Crippen LogP contribution in [0.2, 0.25) is 0 Å². The van der Waals surface area contributed by atoms with Gasteiger partial charge in [0.2, 0.25) is 0 Å². The van der Waals surface area contributed by atoms with Gasteiger partial charge in [0, 0.05) is 5.39 Å². The van der Waals surface area contributed by atoms with Gasteiger partial charge in [-0.15, -0.1) is 13.2 Å². The maximum Gasteiger partial charge on any atom is 0.573 e. The van der Waals surface area contributed by atoms with Gasteiger partial charge in [-0.1, -0.05) is 32.3 Å². The summed E-state index contributed by atoms with van der Waals surface area (Å²) < 4.78 is 89.1.